The molecule has 0 aliphatic heterocycles. The molecule has 0 spiro atoms. The molecule has 0 aromatic heterocycles. The number of hydrogen-bond donors (Lipinski definition) is 0. The van der Waals surface area contributed by atoms with Crippen LogP contribution in [0.25, 0.3) is 0 Å². The minimum Gasteiger partial charge on any atom is -0.466 e. The number of hydrogen-bond acceptors (Lipinski definition) is 2. The lowest BCUT2D eigenvalue weighted by Crippen LogP contribution is -2.21. The number of carbonyl (C=O) groups is 1. The number of ether oxygens (including phenoxy) is 1. The first-order chi connectivity index (χ1) is 9.93. The molecule has 0 aliphatic carbocycles. The first-order valence-corrected chi connectivity index (χ1v) is 6.86. The van der Waals surface area contributed by atoms with E-state index >= 15 is 0 Å². The van der Waals surface area contributed by atoms with Crippen LogP contribution in [0.5, 0.6) is 0 Å². The molecule has 0 amide bonds. The maximum Gasteiger partial charge on any atom is 0.395 e. The summed E-state index contributed by atoms with van der Waals surface area (Å²) in [6.45, 7) is 1.88. The van der Waals surface area contributed by atoms with Crippen molar-refractivity contribution in [1.82, 2.24) is 0 Å². The Kier molecular flexibility index (Phi) is 6.99. The van der Waals surface area contributed by atoms with Crippen LogP contribution in [0.4, 0.5) is 13.2 Å². The zero-order valence-electron chi connectivity index (χ0n) is 11.9. The van der Waals surface area contributed by atoms with Gasteiger partial charge in [-0.2, -0.15) is 13.2 Å². The molecule has 2 nitrogen and oxygen atoms in total. The highest BCUT2D eigenvalue weighted by Crippen LogP contribution is 2.31. The van der Waals surface area contributed by atoms with E-state index in [-0.39, 0.29) is 19.4 Å². The smallest absolute Gasteiger partial charge is 0.395 e. The van der Waals surface area contributed by atoms with Gasteiger partial charge in [0.1, 0.15) is 0 Å². The van der Waals surface area contributed by atoms with Crippen molar-refractivity contribution in [3.05, 3.63) is 48.0 Å². The summed E-state index contributed by atoms with van der Waals surface area (Å²) in [5.74, 6) is -2.06. The standard InChI is InChI=1S/C16H19F3O2/c1-2-21-15(20)10-6-9-14(16(17,18)19)12-11-13-7-4-3-5-8-13/h3-9,14H,2,10-12H2,1H3/b9-6+. The van der Waals surface area contributed by atoms with Gasteiger partial charge in [0.2, 0.25) is 0 Å². The van der Waals surface area contributed by atoms with Gasteiger partial charge in [-0.15, -0.1) is 0 Å². The van der Waals surface area contributed by atoms with Crippen molar-refractivity contribution in [2.24, 2.45) is 5.92 Å². The molecule has 21 heavy (non-hydrogen) atoms. The summed E-state index contributed by atoms with van der Waals surface area (Å²) in [6.07, 6.45) is -1.84. The fourth-order valence-corrected chi connectivity index (χ4v) is 1.88. The zero-order chi connectivity index (χ0) is 15.7. The summed E-state index contributed by atoms with van der Waals surface area (Å²) in [5.41, 5.74) is 0.866. The zero-order valence-corrected chi connectivity index (χ0v) is 11.9. The summed E-state index contributed by atoms with van der Waals surface area (Å²) in [7, 11) is 0. The second kappa shape index (κ2) is 8.49. The number of halogens is 3. The van der Waals surface area contributed by atoms with E-state index in [0.717, 1.165) is 11.6 Å². The molecule has 1 aromatic rings. The van der Waals surface area contributed by atoms with Crippen LogP contribution >= 0.6 is 0 Å². The SMILES string of the molecule is CCOC(=O)C/C=C/C(CCc1ccccc1)C(F)(F)F. The molecular weight excluding hydrogens is 281 g/mol. The summed E-state index contributed by atoms with van der Waals surface area (Å²) in [4.78, 5) is 11.1. The van der Waals surface area contributed by atoms with Gasteiger partial charge in [-0.25, -0.2) is 0 Å². The summed E-state index contributed by atoms with van der Waals surface area (Å²) >= 11 is 0. The quantitative estimate of drug-likeness (QED) is 0.554. The first-order valence-electron chi connectivity index (χ1n) is 6.86. The van der Waals surface area contributed by atoms with Crippen LogP contribution in [0.15, 0.2) is 42.5 Å². The van der Waals surface area contributed by atoms with Gasteiger partial charge in [-0.3, -0.25) is 4.79 Å². The molecule has 0 heterocycles. The normalized spacial score (nSPS) is 13.3. The molecule has 0 saturated carbocycles. The number of carbonyl (C=O) groups excluding carboxylic acids is 1. The Morgan fingerprint density at radius 3 is 2.52 bits per heavy atom. The minimum absolute atomic E-state index is 0.0349. The molecule has 0 radical (unpaired) electrons. The lowest BCUT2D eigenvalue weighted by molar-refractivity contribution is -0.162. The topological polar surface area (TPSA) is 26.3 Å². The first kappa shape index (κ1) is 17.3. The van der Waals surface area contributed by atoms with E-state index in [2.05, 4.69) is 4.74 Å². The van der Waals surface area contributed by atoms with E-state index in [0.29, 0.717) is 6.42 Å². The third-order valence-corrected chi connectivity index (χ3v) is 2.97. The highest BCUT2D eigenvalue weighted by atomic mass is 19.4. The number of aryl methyl sites for hydroxylation is 1. The number of benzene rings is 1. The van der Waals surface area contributed by atoms with Crippen LogP contribution in [0.2, 0.25) is 0 Å². The summed E-state index contributed by atoms with van der Waals surface area (Å²) < 4.78 is 43.5. The molecule has 1 rings (SSSR count). The molecule has 0 fully saturated rings. The Bertz CT molecular complexity index is 452. The predicted octanol–water partition coefficient (Wildman–Crippen LogP) is 4.31. The maximum absolute atomic E-state index is 12.9. The molecule has 116 valence electrons. The molecule has 1 atom stereocenters. The Labute approximate surface area is 122 Å². The van der Waals surface area contributed by atoms with Crippen molar-refractivity contribution < 1.29 is 22.7 Å². The lowest BCUT2D eigenvalue weighted by Gasteiger charge is -2.16. The van der Waals surface area contributed by atoms with Gasteiger partial charge < -0.3 is 4.74 Å². The van der Waals surface area contributed by atoms with Gasteiger partial charge in [0.15, 0.2) is 0 Å². The second-order valence-corrected chi connectivity index (χ2v) is 4.61. The van der Waals surface area contributed by atoms with Gasteiger partial charge in [0.25, 0.3) is 0 Å². The average Bonchev–Trinajstić information content (AvgIpc) is 2.42. The van der Waals surface area contributed by atoms with Gasteiger partial charge >= 0.3 is 12.1 Å². The van der Waals surface area contributed by atoms with Crippen LogP contribution in [-0.2, 0) is 16.0 Å². The lowest BCUT2D eigenvalue weighted by atomic mass is 9.98. The molecule has 0 bridgehead atoms. The molecule has 0 aliphatic rings. The Hall–Kier alpha value is -1.78. The number of esters is 1. The van der Waals surface area contributed by atoms with Crippen molar-refractivity contribution in [3.8, 4) is 0 Å². The van der Waals surface area contributed by atoms with Crippen LogP contribution in [0, 0.1) is 5.92 Å². The fraction of sp³-hybridized carbons (Fsp3) is 0.438. The van der Waals surface area contributed by atoms with E-state index in [1.807, 2.05) is 6.07 Å². The van der Waals surface area contributed by atoms with Crippen LogP contribution in [0.1, 0.15) is 25.3 Å². The van der Waals surface area contributed by atoms with E-state index < -0.39 is 18.1 Å². The third kappa shape index (κ3) is 6.97. The molecular formula is C16H19F3O2. The third-order valence-electron chi connectivity index (χ3n) is 2.97. The monoisotopic (exact) mass is 300 g/mol. The highest BCUT2D eigenvalue weighted by molar-refractivity contribution is 5.71. The molecule has 1 unspecified atom stereocenters. The van der Waals surface area contributed by atoms with Crippen LogP contribution in [0.3, 0.4) is 0 Å². The van der Waals surface area contributed by atoms with Crippen molar-refractivity contribution in [2.45, 2.75) is 32.4 Å². The van der Waals surface area contributed by atoms with Crippen LogP contribution in [-0.4, -0.2) is 18.8 Å². The summed E-state index contributed by atoms with van der Waals surface area (Å²) in [5, 5.41) is 0. The van der Waals surface area contributed by atoms with Gasteiger partial charge in [-0.05, 0) is 25.3 Å². The number of rotatable bonds is 7. The van der Waals surface area contributed by atoms with E-state index in [4.69, 9.17) is 0 Å². The van der Waals surface area contributed by atoms with Gasteiger partial charge in [0, 0.05) is 0 Å². The largest absolute Gasteiger partial charge is 0.466 e. The Morgan fingerprint density at radius 2 is 1.95 bits per heavy atom. The average molecular weight is 300 g/mol. The van der Waals surface area contributed by atoms with E-state index in [9.17, 15) is 18.0 Å². The second-order valence-electron chi connectivity index (χ2n) is 4.61. The minimum atomic E-state index is -4.31. The Morgan fingerprint density at radius 1 is 1.29 bits per heavy atom. The maximum atomic E-state index is 12.9. The highest BCUT2D eigenvalue weighted by Gasteiger charge is 2.37. The van der Waals surface area contributed by atoms with Crippen molar-refractivity contribution in [3.63, 3.8) is 0 Å². The fourth-order valence-electron chi connectivity index (χ4n) is 1.88. The van der Waals surface area contributed by atoms with Crippen molar-refractivity contribution in [1.29, 1.82) is 0 Å². The molecule has 1 aromatic carbocycles. The summed E-state index contributed by atoms with van der Waals surface area (Å²) in [6, 6.07) is 9.03. The predicted molar refractivity (Wildman–Crippen MR) is 74.7 cm³/mol. The molecule has 5 heteroatoms. The van der Waals surface area contributed by atoms with E-state index in [1.165, 1.54) is 6.08 Å². The molecule has 0 saturated heterocycles. The van der Waals surface area contributed by atoms with Gasteiger partial charge in [-0.1, -0.05) is 42.5 Å². The van der Waals surface area contributed by atoms with Gasteiger partial charge in [0.05, 0.1) is 18.9 Å². The molecule has 0 N–H and O–H groups in total. The Balaban J connectivity index is 2.56. The van der Waals surface area contributed by atoms with Crippen LogP contribution < -0.4 is 0 Å². The van der Waals surface area contributed by atoms with Crippen molar-refractivity contribution in [2.75, 3.05) is 6.61 Å². The number of alkyl halides is 3. The number of allylic oxidation sites excluding steroid dienone is 1. The van der Waals surface area contributed by atoms with Crippen molar-refractivity contribution >= 4 is 5.97 Å². The van der Waals surface area contributed by atoms with E-state index in [1.54, 1.807) is 31.2 Å².